The molecule has 0 spiro atoms. The molecule has 1 saturated heterocycles. The van der Waals surface area contributed by atoms with Gasteiger partial charge in [-0.15, -0.1) is 0 Å². The summed E-state index contributed by atoms with van der Waals surface area (Å²) in [5, 5.41) is 8.72. The molecule has 1 aromatic heterocycles. The topological polar surface area (TPSA) is 70.8 Å². The van der Waals surface area contributed by atoms with Gasteiger partial charge < -0.3 is 14.4 Å². The Bertz CT molecular complexity index is 437. The average Bonchev–Trinajstić information content (AvgIpc) is 2.87. The van der Waals surface area contributed by atoms with E-state index >= 15 is 0 Å². The Morgan fingerprint density at radius 1 is 1.59 bits per heavy atom. The highest BCUT2D eigenvalue weighted by molar-refractivity contribution is 5.84. The lowest BCUT2D eigenvalue weighted by atomic mass is 10.1. The first-order valence-electron chi connectivity index (χ1n) is 5.70. The lowest BCUT2D eigenvalue weighted by Crippen LogP contribution is -2.24. The summed E-state index contributed by atoms with van der Waals surface area (Å²) in [6, 6.07) is 3.02. The van der Waals surface area contributed by atoms with Gasteiger partial charge >= 0.3 is 5.97 Å². The second-order valence-electron chi connectivity index (χ2n) is 4.32. The quantitative estimate of drug-likeness (QED) is 0.865. The fourth-order valence-corrected chi connectivity index (χ4v) is 2.05. The van der Waals surface area contributed by atoms with Crippen LogP contribution < -0.4 is 0 Å². The SMILES string of the molecule is CCC1CC(=O)N(Cc2ccc(C(=O)O)o2)C1. The minimum atomic E-state index is -1.09. The monoisotopic (exact) mass is 237 g/mol. The van der Waals surface area contributed by atoms with Crippen LogP contribution in [0, 0.1) is 5.92 Å². The van der Waals surface area contributed by atoms with Crippen molar-refractivity contribution in [2.45, 2.75) is 26.3 Å². The van der Waals surface area contributed by atoms with E-state index < -0.39 is 5.97 Å². The van der Waals surface area contributed by atoms with Crippen LogP contribution in [0.2, 0.25) is 0 Å². The largest absolute Gasteiger partial charge is 0.475 e. The third kappa shape index (κ3) is 2.49. The number of furan rings is 1. The van der Waals surface area contributed by atoms with E-state index in [0.717, 1.165) is 13.0 Å². The second-order valence-corrected chi connectivity index (χ2v) is 4.32. The molecule has 2 heterocycles. The second kappa shape index (κ2) is 4.61. The Morgan fingerprint density at radius 2 is 2.35 bits per heavy atom. The summed E-state index contributed by atoms with van der Waals surface area (Å²) in [6.45, 7) is 3.16. The predicted octanol–water partition coefficient (Wildman–Crippen LogP) is 1.74. The van der Waals surface area contributed by atoms with Crippen LogP contribution in [0.25, 0.3) is 0 Å². The molecule has 1 N–H and O–H groups in total. The smallest absolute Gasteiger partial charge is 0.371 e. The van der Waals surface area contributed by atoms with E-state index in [2.05, 4.69) is 6.92 Å². The van der Waals surface area contributed by atoms with E-state index in [1.54, 1.807) is 11.0 Å². The van der Waals surface area contributed by atoms with Crippen molar-refractivity contribution in [2.75, 3.05) is 6.54 Å². The van der Waals surface area contributed by atoms with Gasteiger partial charge in [0.1, 0.15) is 5.76 Å². The minimum Gasteiger partial charge on any atom is -0.475 e. The van der Waals surface area contributed by atoms with E-state index in [1.165, 1.54) is 6.07 Å². The zero-order valence-corrected chi connectivity index (χ0v) is 9.68. The van der Waals surface area contributed by atoms with Crippen LogP contribution in [0.1, 0.15) is 36.1 Å². The number of aromatic carboxylic acids is 1. The van der Waals surface area contributed by atoms with Crippen molar-refractivity contribution < 1.29 is 19.1 Å². The van der Waals surface area contributed by atoms with Crippen molar-refractivity contribution in [3.05, 3.63) is 23.7 Å². The third-order valence-corrected chi connectivity index (χ3v) is 3.09. The van der Waals surface area contributed by atoms with E-state index in [0.29, 0.717) is 24.6 Å². The maximum absolute atomic E-state index is 11.7. The van der Waals surface area contributed by atoms with Gasteiger partial charge in [0, 0.05) is 13.0 Å². The zero-order valence-electron chi connectivity index (χ0n) is 9.68. The van der Waals surface area contributed by atoms with Gasteiger partial charge in [-0.1, -0.05) is 13.3 Å². The van der Waals surface area contributed by atoms with Crippen LogP contribution >= 0.6 is 0 Å². The number of carbonyl (C=O) groups excluding carboxylic acids is 1. The van der Waals surface area contributed by atoms with Crippen molar-refractivity contribution in [1.82, 2.24) is 4.90 Å². The van der Waals surface area contributed by atoms with E-state index in [1.807, 2.05) is 0 Å². The molecule has 0 bridgehead atoms. The van der Waals surface area contributed by atoms with Crippen molar-refractivity contribution in [3.63, 3.8) is 0 Å². The Hall–Kier alpha value is -1.78. The summed E-state index contributed by atoms with van der Waals surface area (Å²) in [7, 11) is 0. The predicted molar refractivity (Wildman–Crippen MR) is 59.5 cm³/mol. The van der Waals surface area contributed by atoms with Crippen LogP contribution in [0.4, 0.5) is 0 Å². The van der Waals surface area contributed by atoms with Gasteiger partial charge in [-0.2, -0.15) is 0 Å². The number of amides is 1. The van der Waals surface area contributed by atoms with Crippen LogP contribution in [0.15, 0.2) is 16.5 Å². The molecule has 92 valence electrons. The van der Waals surface area contributed by atoms with Crippen LogP contribution in [-0.4, -0.2) is 28.4 Å². The van der Waals surface area contributed by atoms with Gasteiger partial charge in [-0.3, -0.25) is 4.79 Å². The first kappa shape index (κ1) is 11.7. The first-order valence-corrected chi connectivity index (χ1v) is 5.70. The molecule has 1 fully saturated rings. The van der Waals surface area contributed by atoms with Crippen LogP contribution in [-0.2, 0) is 11.3 Å². The summed E-state index contributed by atoms with van der Waals surface area (Å²) in [5.41, 5.74) is 0. The molecule has 0 aliphatic carbocycles. The molecule has 0 saturated carbocycles. The molecule has 2 rings (SSSR count). The van der Waals surface area contributed by atoms with Crippen LogP contribution in [0.3, 0.4) is 0 Å². The van der Waals surface area contributed by atoms with Crippen LogP contribution in [0.5, 0.6) is 0 Å². The molecule has 1 atom stereocenters. The van der Waals surface area contributed by atoms with Crippen molar-refractivity contribution >= 4 is 11.9 Å². The number of hydrogen-bond donors (Lipinski definition) is 1. The normalized spacial score (nSPS) is 19.9. The highest BCUT2D eigenvalue weighted by Crippen LogP contribution is 2.22. The Morgan fingerprint density at radius 3 is 2.88 bits per heavy atom. The lowest BCUT2D eigenvalue weighted by Gasteiger charge is -2.14. The standard InChI is InChI=1S/C12H15NO4/c1-2-8-5-11(14)13(6-8)7-9-3-4-10(17-9)12(15)16/h3-4,8H,2,5-7H2,1H3,(H,15,16). The van der Waals surface area contributed by atoms with E-state index in [-0.39, 0.29) is 11.7 Å². The van der Waals surface area contributed by atoms with Gasteiger partial charge in [0.05, 0.1) is 6.54 Å². The number of carboxylic acid groups (broad SMARTS) is 1. The van der Waals surface area contributed by atoms with Crippen molar-refractivity contribution in [1.29, 1.82) is 0 Å². The number of hydrogen-bond acceptors (Lipinski definition) is 3. The molecule has 0 radical (unpaired) electrons. The van der Waals surface area contributed by atoms with Gasteiger partial charge in [0.2, 0.25) is 11.7 Å². The average molecular weight is 237 g/mol. The summed E-state index contributed by atoms with van der Waals surface area (Å²) >= 11 is 0. The maximum atomic E-state index is 11.7. The van der Waals surface area contributed by atoms with Crippen molar-refractivity contribution in [2.24, 2.45) is 5.92 Å². The van der Waals surface area contributed by atoms with Gasteiger partial charge in [-0.25, -0.2) is 4.79 Å². The number of carboxylic acids is 1. The molecule has 1 unspecified atom stereocenters. The van der Waals surface area contributed by atoms with E-state index in [9.17, 15) is 9.59 Å². The highest BCUT2D eigenvalue weighted by atomic mass is 16.4. The molecule has 0 aromatic carbocycles. The first-order chi connectivity index (χ1) is 8.10. The molecule has 5 nitrogen and oxygen atoms in total. The number of likely N-dealkylation sites (tertiary alicyclic amines) is 1. The number of nitrogens with zero attached hydrogens (tertiary/aromatic N) is 1. The molecule has 1 aliphatic heterocycles. The van der Waals surface area contributed by atoms with Gasteiger partial charge in [0.25, 0.3) is 0 Å². The lowest BCUT2D eigenvalue weighted by molar-refractivity contribution is -0.128. The molecule has 5 heteroatoms. The Balaban J connectivity index is 2.01. The molecule has 1 amide bonds. The fourth-order valence-electron chi connectivity index (χ4n) is 2.05. The van der Waals surface area contributed by atoms with E-state index in [4.69, 9.17) is 9.52 Å². The molecule has 1 aliphatic rings. The minimum absolute atomic E-state index is 0.0845. The summed E-state index contributed by atoms with van der Waals surface area (Å²) < 4.78 is 5.13. The molecule has 1 aromatic rings. The highest BCUT2D eigenvalue weighted by Gasteiger charge is 2.28. The summed E-state index contributed by atoms with van der Waals surface area (Å²) in [4.78, 5) is 24.0. The molecular formula is C12H15NO4. The Kier molecular flexibility index (Phi) is 3.17. The number of carbonyl (C=O) groups is 2. The van der Waals surface area contributed by atoms with Gasteiger partial charge in [0.15, 0.2) is 0 Å². The Labute approximate surface area is 99.0 Å². The maximum Gasteiger partial charge on any atom is 0.371 e. The fraction of sp³-hybridized carbons (Fsp3) is 0.500. The number of rotatable bonds is 4. The zero-order chi connectivity index (χ0) is 12.4. The van der Waals surface area contributed by atoms with Crippen molar-refractivity contribution in [3.8, 4) is 0 Å². The molecule has 17 heavy (non-hydrogen) atoms. The summed E-state index contributed by atoms with van der Waals surface area (Å²) in [6.07, 6.45) is 1.57. The van der Waals surface area contributed by atoms with Gasteiger partial charge in [-0.05, 0) is 18.1 Å². The summed E-state index contributed by atoms with van der Waals surface area (Å²) in [5.74, 6) is -0.122. The molecular weight excluding hydrogens is 222 g/mol. The third-order valence-electron chi connectivity index (χ3n) is 3.09.